The first kappa shape index (κ1) is 15.6. The Morgan fingerprint density at radius 2 is 1.81 bits per heavy atom. The second-order valence-electron chi connectivity index (χ2n) is 5.38. The summed E-state index contributed by atoms with van der Waals surface area (Å²) < 4.78 is 5.68. The molecular formula is C15H19ClN2O3. The molecule has 1 aromatic carbocycles. The number of amides is 2. The zero-order valence-corrected chi connectivity index (χ0v) is 13.1. The van der Waals surface area contributed by atoms with Crippen molar-refractivity contribution in [2.45, 2.75) is 39.7 Å². The summed E-state index contributed by atoms with van der Waals surface area (Å²) >= 11 is 5.96. The van der Waals surface area contributed by atoms with Gasteiger partial charge in [-0.25, -0.2) is 0 Å². The number of ether oxygens (including phenoxy) is 1. The molecule has 0 aromatic heterocycles. The van der Waals surface area contributed by atoms with Crippen LogP contribution in [0, 0.1) is 19.8 Å². The molecule has 0 spiro atoms. The highest BCUT2D eigenvalue weighted by Crippen LogP contribution is 2.29. The zero-order valence-electron chi connectivity index (χ0n) is 12.3. The molecule has 21 heavy (non-hydrogen) atoms. The summed E-state index contributed by atoms with van der Waals surface area (Å²) in [5, 5.41) is 0.631. The topological polar surface area (TPSA) is 67.4 Å². The van der Waals surface area contributed by atoms with E-state index in [1.54, 1.807) is 19.1 Å². The van der Waals surface area contributed by atoms with Crippen molar-refractivity contribution in [2.24, 2.45) is 5.92 Å². The lowest BCUT2D eigenvalue weighted by Gasteiger charge is -2.18. The molecule has 1 unspecified atom stereocenters. The molecule has 0 bridgehead atoms. The second kappa shape index (κ2) is 6.35. The van der Waals surface area contributed by atoms with Crippen molar-refractivity contribution in [2.75, 3.05) is 0 Å². The van der Waals surface area contributed by atoms with Gasteiger partial charge >= 0.3 is 0 Å². The maximum absolute atomic E-state index is 11.9. The average molecular weight is 311 g/mol. The summed E-state index contributed by atoms with van der Waals surface area (Å²) in [6, 6.07) is 3.56. The molecule has 2 N–H and O–H groups in total. The molecule has 2 rings (SSSR count). The summed E-state index contributed by atoms with van der Waals surface area (Å²) in [6.07, 6.45) is 1.05. The monoisotopic (exact) mass is 310 g/mol. The van der Waals surface area contributed by atoms with Gasteiger partial charge in [-0.05, 0) is 56.9 Å². The largest absolute Gasteiger partial charge is 0.480 e. The number of carbonyl (C=O) groups excluding carboxylic acids is 2. The van der Waals surface area contributed by atoms with E-state index in [1.807, 2.05) is 13.8 Å². The lowest BCUT2D eigenvalue weighted by atomic mass is 10.1. The number of hydrazine groups is 1. The van der Waals surface area contributed by atoms with Crippen LogP contribution in [0.5, 0.6) is 5.75 Å². The minimum absolute atomic E-state index is 0.0438. The fourth-order valence-electron chi connectivity index (χ4n) is 1.99. The fourth-order valence-corrected chi connectivity index (χ4v) is 2.31. The molecule has 1 aliphatic rings. The van der Waals surface area contributed by atoms with Crippen molar-refractivity contribution < 1.29 is 14.3 Å². The Balaban J connectivity index is 1.92. The van der Waals surface area contributed by atoms with Crippen LogP contribution >= 0.6 is 11.6 Å². The number of aryl methyl sites for hydroxylation is 2. The van der Waals surface area contributed by atoms with Crippen LogP contribution in [0.25, 0.3) is 0 Å². The number of hydrogen-bond acceptors (Lipinski definition) is 3. The molecule has 1 saturated carbocycles. The van der Waals surface area contributed by atoms with Gasteiger partial charge in [-0.15, -0.1) is 0 Å². The van der Waals surface area contributed by atoms with Crippen LogP contribution in [0.3, 0.4) is 0 Å². The highest BCUT2D eigenvalue weighted by molar-refractivity contribution is 6.30. The number of carbonyl (C=O) groups is 2. The summed E-state index contributed by atoms with van der Waals surface area (Å²) in [7, 11) is 0. The van der Waals surface area contributed by atoms with Gasteiger partial charge in [-0.3, -0.25) is 20.4 Å². The Morgan fingerprint density at radius 3 is 2.33 bits per heavy atom. The maximum atomic E-state index is 11.9. The predicted molar refractivity (Wildman–Crippen MR) is 80.0 cm³/mol. The summed E-state index contributed by atoms with van der Waals surface area (Å²) in [5.41, 5.74) is 6.52. The summed E-state index contributed by atoms with van der Waals surface area (Å²) in [6.45, 7) is 5.37. The van der Waals surface area contributed by atoms with E-state index in [-0.39, 0.29) is 11.8 Å². The molecule has 0 heterocycles. The van der Waals surface area contributed by atoms with Gasteiger partial charge in [0, 0.05) is 10.9 Å². The van der Waals surface area contributed by atoms with Crippen molar-refractivity contribution in [3.8, 4) is 5.75 Å². The van der Waals surface area contributed by atoms with E-state index in [4.69, 9.17) is 16.3 Å². The Morgan fingerprint density at radius 1 is 1.24 bits per heavy atom. The molecule has 6 heteroatoms. The van der Waals surface area contributed by atoms with Gasteiger partial charge in [0.05, 0.1) is 0 Å². The van der Waals surface area contributed by atoms with E-state index in [1.165, 1.54) is 0 Å². The van der Waals surface area contributed by atoms with Gasteiger partial charge < -0.3 is 4.74 Å². The van der Waals surface area contributed by atoms with Gasteiger partial charge in [0.1, 0.15) is 5.75 Å². The Bertz CT molecular complexity index is 547. The summed E-state index contributed by atoms with van der Waals surface area (Å²) in [5.74, 6) is 0.144. The number of rotatable bonds is 4. The number of nitrogens with one attached hydrogen (secondary N) is 2. The van der Waals surface area contributed by atoms with E-state index in [0.29, 0.717) is 10.8 Å². The summed E-state index contributed by atoms with van der Waals surface area (Å²) in [4.78, 5) is 23.4. The first-order valence-corrected chi connectivity index (χ1v) is 7.29. The van der Waals surface area contributed by atoms with Gasteiger partial charge in [-0.1, -0.05) is 11.6 Å². The third kappa shape index (κ3) is 4.11. The normalized spacial score (nSPS) is 15.2. The molecule has 114 valence electrons. The minimum atomic E-state index is -0.719. The molecule has 0 saturated heterocycles. The van der Waals surface area contributed by atoms with Crippen LogP contribution in [-0.2, 0) is 9.59 Å². The van der Waals surface area contributed by atoms with Crippen LogP contribution < -0.4 is 15.6 Å². The lowest BCUT2D eigenvalue weighted by Crippen LogP contribution is -2.47. The van der Waals surface area contributed by atoms with Crippen LogP contribution in [0.4, 0.5) is 0 Å². The maximum Gasteiger partial charge on any atom is 0.279 e. The quantitative estimate of drug-likeness (QED) is 0.838. The van der Waals surface area contributed by atoms with Crippen molar-refractivity contribution in [3.63, 3.8) is 0 Å². The zero-order chi connectivity index (χ0) is 15.6. The van der Waals surface area contributed by atoms with Crippen LogP contribution in [-0.4, -0.2) is 17.9 Å². The van der Waals surface area contributed by atoms with E-state index in [0.717, 1.165) is 24.0 Å². The Kier molecular flexibility index (Phi) is 4.73. The highest BCUT2D eigenvalue weighted by Gasteiger charge is 2.30. The average Bonchev–Trinajstić information content (AvgIpc) is 3.23. The Hall–Kier alpha value is -1.75. The molecular weight excluding hydrogens is 292 g/mol. The van der Waals surface area contributed by atoms with E-state index < -0.39 is 12.0 Å². The van der Waals surface area contributed by atoms with Gasteiger partial charge in [0.2, 0.25) is 5.91 Å². The standard InChI is InChI=1S/C15H19ClN2O3/c1-8-6-12(16)7-9(2)13(8)21-10(3)14(19)17-18-15(20)11-4-5-11/h6-7,10-11H,4-5H2,1-3H3,(H,17,19)(H,18,20). The molecule has 1 aromatic rings. The van der Waals surface area contributed by atoms with Crippen molar-refractivity contribution in [1.29, 1.82) is 0 Å². The minimum Gasteiger partial charge on any atom is -0.480 e. The van der Waals surface area contributed by atoms with Crippen molar-refractivity contribution >= 4 is 23.4 Å². The van der Waals surface area contributed by atoms with Gasteiger partial charge in [-0.2, -0.15) is 0 Å². The smallest absolute Gasteiger partial charge is 0.279 e. The van der Waals surface area contributed by atoms with Crippen molar-refractivity contribution in [3.05, 3.63) is 28.3 Å². The van der Waals surface area contributed by atoms with Gasteiger partial charge in [0.15, 0.2) is 6.10 Å². The SMILES string of the molecule is Cc1cc(Cl)cc(C)c1OC(C)C(=O)NNC(=O)C1CC1. The third-order valence-corrected chi connectivity index (χ3v) is 3.56. The Labute approximate surface area is 129 Å². The fraction of sp³-hybridized carbons (Fsp3) is 0.467. The molecule has 0 aliphatic heterocycles. The number of hydrogen-bond donors (Lipinski definition) is 2. The number of benzene rings is 1. The number of halogens is 1. The highest BCUT2D eigenvalue weighted by atomic mass is 35.5. The third-order valence-electron chi connectivity index (χ3n) is 3.35. The van der Waals surface area contributed by atoms with Crippen LogP contribution in [0.1, 0.15) is 30.9 Å². The molecule has 1 aliphatic carbocycles. The molecule has 5 nitrogen and oxygen atoms in total. The first-order chi connectivity index (χ1) is 9.88. The molecule has 1 fully saturated rings. The second-order valence-corrected chi connectivity index (χ2v) is 5.82. The van der Waals surface area contributed by atoms with E-state index >= 15 is 0 Å². The van der Waals surface area contributed by atoms with E-state index in [2.05, 4.69) is 10.9 Å². The molecule has 1 atom stereocenters. The van der Waals surface area contributed by atoms with E-state index in [9.17, 15) is 9.59 Å². The molecule has 2 amide bonds. The van der Waals surface area contributed by atoms with Crippen molar-refractivity contribution in [1.82, 2.24) is 10.9 Å². The lowest BCUT2D eigenvalue weighted by molar-refractivity contribution is -0.133. The van der Waals surface area contributed by atoms with Gasteiger partial charge in [0.25, 0.3) is 5.91 Å². The molecule has 0 radical (unpaired) electrons. The van der Waals surface area contributed by atoms with Crippen LogP contribution in [0.15, 0.2) is 12.1 Å². The predicted octanol–water partition coefficient (Wildman–Crippen LogP) is 2.28. The van der Waals surface area contributed by atoms with Crippen LogP contribution in [0.2, 0.25) is 5.02 Å². The first-order valence-electron chi connectivity index (χ1n) is 6.91.